The van der Waals surface area contributed by atoms with Crippen molar-refractivity contribution >= 4 is 22.0 Å². The molecule has 3 amide bonds. The van der Waals surface area contributed by atoms with Crippen LogP contribution in [0.2, 0.25) is 0 Å². The molecule has 32 heavy (non-hydrogen) atoms. The van der Waals surface area contributed by atoms with E-state index in [1.165, 1.54) is 11.0 Å². The summed E-state index contributed by atoms with van der Waals surface area (Å²) in [6.07, 6.45) is 5.78. The maximum atomic E-state index is 14.1. The number of unbranched alkanes of at least 4 members (excludes halogenated alkanes) is 2. The monoisotopic (exact) mass is 467 g/mol. The average Bonchev–Trinajstić information content (AvgIpc) is 3.65. The van der Waals surface area contributed by atoms with E-state index in [1.54, 1.807) is 12.1 Å². The van der Waals surface area contributed by atoms with Crippen molar-refractivity contribution in [1.82, 2.24) is 14.9 Å². The molecule has 1 saturated heterocycles. The van der Waals surface area contributed by atoms with Gasteiger partial charge in [-0.25, -0.2) is 22.3 Å². The molecular formula is C22H30FN3O5S. The number of benzene rings is 1. The summed E-state index contributed by atoms with van der Waals surface area (Å²) in [4.78, 5) is 24.1. The maximum absolute atomic E-state index is 14.1. The van der Waals surface area contributed by atoms with Gasteiger partial charge in [0, 0.05) is 12.6 Å². The van der Waals surface area contributed by atoms with Crippen LogP contribution in [0.25, 0.3) is 0 Å². The van der Waals surface area contributed by atoms with Gasteiger partial charge in [-0.2, -0.15) is 0 Å². The van der Waals surface area contributed by atoms with Gasteiger partial charge in [0.25, 0.3) is 0 Å². The van der Waals surface area contributed by atoms with E-state index in [1.807, 2.05) is 0 Å². The van der Waals surface area contributed by atoms with Gasteiger partial charge in [-0.1, -0.05) is 12.5 Å². The Morgan fingerprint density at radius 3 is 2.59 bits per heavy atom. The van der Waals surface area contributed by atoms with Gasteiger partial charge in [0.15, 0.2) is 11.6 Å². The fourth-order valence-corrected chi connectivity index (χ4v) is 5.29. The Morgan fingerprint density at radius 1 is 1.16 bits per heavy atom. The van der Waals surface area contributed by atoms with Crippen molar-refractivity contribution in [3.63, 3.8) is 0 Å². The molecule has 176 valence electrons. The Morgan fingerprint density at radius 2 is 1.94 bits per heavy atom. The van der Waals surface area contributed by atoms with Gasteiger partial charge in [0.1, 0.15) is 6.54 Å². The smallest absolute Gasteiger partial charge is 0.324 e. The summed E-state index contributed by atoms with van der Waals surface area (Å²) in [5.41, 5.74) is 0.730. The highest BCUT2D eigenvalue weighted by Crippen LogP contribution is 2.42. The summed E-state index contributed by atoms with van der Waals surface area (Å²) in [5.74, 6) is 0.126. The highest BCUT2D eigenvalue weighted by atomic mass is 32.2. The summed E-state index contributed by atoms with van der Waals surface area (Å²) in [6.45, 7) is 0.980. The Labute approximate surface area is 187 Å². The maximum Gasteiger partial charge on any atom is 0.324 e. The minimum absolute atomic E-state index is 0.0203. The van der Waals surface area contributed by atoms with Gasteiger partial charge in [0.2, 0.25) is 15.9 Å². The van der Waals surface area contributed by atoms with Crippen LogP contribution in [0.3, 0.4) is 0 Å². The number of hydrogen-bond donors (Lipinski definition) is 2. The third-order valence-electron chi connectivity index (χ3n) is 6.09. The van der Waals surface area contributed by atoms with Gasteiger partial charge >= 0.3 is 6.03 Å². The van der Waals surface area contributed by atoms with Crippen LogP contribution in [0.15, 0.2) is 18.2 Å². The molecule has 4 rings (SSSR count). The van der Waals surface area contributed by atoms with Crippen LogP contribution >= 0.6 is 0 Å². The van der Waals surface area contributed by atoms with Gasteiger partial charge < -0.3 is 9.64 Å². The molecule has 1 aromatic carbocycles. The lowest BCUT2D eigenvalue weighted by Gasteiger charge is -2.20. The van der Waals surface area contributed by atoms with Crippen molar-refractivity contribution in [2.45, 2.75) is 51.0 Å². The predicted octanol–water partition coefficient (Wildman–Crippen LogP) is 2.71. The zero-order chi connectivity index (χ0) is 22.7. The number of sulfonamides is 1. The van der Waals surface area contributed by atoms with Crippen LogP contribution in [0, 0.1) is 17.7 Å². The van der Waals surface area contributed by atoms with E-state index in [0.717, 1.165) is 31.2 Å². The molecule has 3 fully saturated rings. The quantitative estimate of drug-likeness (QED) is 0.343. The lowest BCUT2D eigenvalue weighted by molar-refractivity contribution is -0.118. The molecule has 0 spiro atoms. The topological polar surface area (TPSA) is 105 Å². The largest absolute Gasteiger partial charge is 0.490 e. The number of carbonyl (C=O) groups is 2. The molecule has 10 heteroatoms. The van der Waals surface area contributed by atoms with Crippen molar-refractivity contribution in [3.8, 4) is 5.75 Å². The minimum Gasteiger partial charge on any atom is -0.490 e. The Hall–Kier alpha value is -2.20. The van der Waals surface area contributed by atoms with Crippen LogP contribution in [0.1, 0.15) is 56.6 Å². The molecule has 0 unspecified atom stereocenters. The summed E-state index contributed by atoms with van der Waals surface area (Å²) < 4.78 is 48.0. The number of rotatable bonds is 13. The number of amides is 3. The molecular weight excluding hydrogens is 437 g/mol. The minimum atomic E-state index is -3.52. The van der Waals surface area contributed by atoms with Crippen molar-refractivity contribution in [2.24, 2.45) is 11.8 Å². The molecule has 1 heterocycles. The van der Waals surface area contributed by atoms with E-state index in [2.05, 4.69) is 10.0 Å². The standard InChI is InChI=1S/C22H30FN3O5S/c23-18-9-8-17(12-19(18)31-14-15-4-5-15)21(16-6-7-16)25-32(29,30)11-3-1-2-10-26-13-20(27)24-22(26)28/h8-9,12,15-16,21,25H,1-7,10-11,13-14H2,(H,24,27,28)/t21-/m1/s1. The normalized spacial score (nSPS) is 19.8. The summed E-state index contributed by atoms with van der Waals surface area (Å²) in [5, 5.41) is 2.22. The zero-order valence-corrected chi connectivity index (χ0v) is 18.8. The number of carbonyl (C=O) groups excluding carboxylic acids is 2. The summed E-state index contributed by atoms with van der Waals surface area (Å²) >= 11 is 0. The van der Waals surface area contributed by atoms with Crippen molar-refractivity contribution in [1.29, 1.82) is 0 Å². The fraction of sp³-hybridized carbons (Fsp3) is 0.636. The van der Waals surface area contributed by atoms with E-state index in [9.17, 15) is 22.4 Å². The molecule has 8 nitrogen and oxygen atoms in total. The first kappa shape index (κ1) is 23.0. The van der Waals surface area contributed by atoms with E-state index < -0.39 is 21.9 Å². The lowest BCUT2D eigenvalue weighted by atomic mass is 10.0. The second-order valence-electron chi connectivity index (χ2n) is 9.03. The average molecular weight is 468 g/mol. The fourth-order valence-electron chi connectivity index (χ4n) is 3.87. The second kappa shape index (κ2) is 9.74. The van der Waals surface area contributed by atoms with Gasteiger partial charge in [0.05, 0.1) is 12.4 Å². The number of urea groups is 1. The van der Waals surface area contributed by atoms with Crippen LogP contribution in [0.5, 0.6) is 5.75 Å². The van der Waals surface area contributed by atoms with Gasteiger partial charge in [-0.05, 0) is 68.1 Å². The van der Waals surface area contributed by atoms with Crippen molar-refractivity contribution < 1.29 is 27.1 Å². The van der Waals surface area contributed by atoms with E-state index >= 15 is 0 Å². The third-order valence-corrected chi connectivity index (χ3v) is 7.53. The highest BCUT2D eigenvalue weighted by molar-refractivity contribution is 7.89. The van der Waals surface area contributed by atoms with Gasteiger partial charge in [-0.3, -0.25) is 10.1 Å². The molecule has 1 aromatic rings. The molecule has 0 bridgehead atoms. The third kappa shape index (κ3) is 6.41. The summed E-state index contributed by atoms with van der Waals surface area (Å²) in [7, 11) is -3.52. The highest BCUT2D eigenvalue weighted by Gasteiger charge is 2.35. The first-order valence-corrected chi connectivity index (χ1v) is 13.0. The molecule has 1 atom stereocenters. The second-order valence-corrected chi connectivity index (χ2v) is 10.9. The molecule has 2 N–H and O–H groups in total. The molecule has 0 radical (unpaired) electrons. The number of nitrogens with one attached hydrogen (secondary N) is 2. The number of imide groups is 1. The zero-order valence-electron chi connectivity index (χ0n) is 18.0. The van der Waals surface area contributed by atoms with Crippen LogP contribution in [0.4, 0.5) is 9.18 Å². The molecule has 3 aliphatic rings. The number of nitrogens with zero attached hydrogens (tertiary/aromatic N) is 1. The first-order chi connectivity index (χ1) is 15.3. The first-order valence-electron chi connectivity index (χ1n) is 11.3. The van der Waals surface area contributed by atoms with E-state index in [-0.39, 0.29) is 35.9 Å². The predicted molar refractivity (Wildman–Crippen MR) is 116 cm³/mol. The summed E-state index contributed by atoms with van der Waals surface area (Å²) in [6, 6.07) is 3.83. The SMILES string of the molecule is O=C1CN(CCCCCS(=O)(=O)N[C@@H](c2ccc(F)c(OCC3CC3)c2)C2CC2)C(=O)N1. The number of ether oxygens (including phenoxy) is 1. The Bertz CT molecular complexity index is 962. The van der Waals surface area contributed by atoms with Crippen LogP contribution < -0.4 is 14.8 Å². The molecule has 2 aliphatic carbocycles. The molecule has 1 aliphatic heterocycles. The Kier molecular flexibility index (Phi) is 6.99. The van der Waals surface area contributed by atoms with Crippen LogP contribution in [-0.4, -0.2) is 50.7 Å². The van der Waals surface area contributed by atoms with E-state index in [4.69, 9.17) is 4.74 Å². The van der Waals surface area contributed by atoms with E-state index in [0.29, 0.717) is 38.3 Å². The van der Waals surface area contributed by atoms with Crippen molar-refractivity contribution in [3.05, 3.63) is 29.6 Å². The number of halogens is 1. The number of hydrogen-bond acceptors (Lipinski definition) is 5. The lowest BCUT2D eigenvalue weighted by Crippen LogP contribution is -2.32. The Balaban J connectivity index is 1.28. The van der Waals surface area contributed by atoms with Crippen molar-refractivity contribution in [2.75, 3.05) is 25.4 Å². The molecule has 0 aromatic heterocycles. The molecule has 2 saturated carbocycles. The van der Waals surface area contributed by atoms with Gasteiger partial charge in [-0.15, -0.1) is 0 Å². The van der Waals surface area contributed by atoms with Crippen LogP contribution in [-0.2, 0) is 14.8 Å².